The summed E-state index contributed by atoms with van der Waals surface area (Å²) in [6, 6.07) is 3.53. The zero-order chi connectivity index (χ0) is 23.8. The van der Waals surface area contributed by atoms with Crippen LogP contribution in [0.25, 0.3) is 17.1 Å². The maximum atomic E-state index is 13.5. The van der Waals surface area contributed by atoms with Crippen LogP contribution in [-0.4, -0.2) is 56.1 Å². The van der Waals surface area contributed by atoms with E-state index in [9.17, 15) is 8.42 Å². The van der Waals surface area contributed by atoms with Gasteiger partial charge >= 0.3 is 0 Å². The minimum atomic E-state index is -3.79. The van der Waals surface area contributed by atoms with E-state index in [1.54, 1.807) is 29.8 Å². The number of halogens is 1. The van der Waals surface area contributed by atoms with E-state index in [4.69, 9.17) is 21.1 Å². The third-order valence-corrected chi connectivity index (χ3v) is 7.31. The van der Waals surface area contributed by atoms with Gasteiger partial charge in [0, 0.05) is 18.6 Å². The molecule has 0 fully saturated rings. The van der Waals surface area contributed by atoms with Crippen LogP contribution in [-0.2, 0) is 20.3 Å². The molecule has 33 heavy (non-hydrogen) atoms. The van der Waals surface area contributed by atoms with Crippen molar-refractivity contribution in [3.63, 3.8) is 0 Å². The highest BCUT2D eigenvalue weighted by atomic mass is 35.5. The number of ether oxygens (including phenoxy) is 2. The summed E-state index contributed by atoms with van der Waals surface area (Å²) in [4.78, 5) is 12.6. The van der Waals surface area contributed by atoms with E-state index in [1.165, 1.54) is 12.4 Å². The fourth-order valence-electron chi connectivity index (χ4n) is 3.45. The van der Waals surface area contributed by atoms with Crippen molar-refractivity contribution >= 4 is 27.1 Å². The van der Waals surface area contributed by atoms with E-state index >= 15 is 0 Å². The highest BCUT2D eigenvalue weighted by Crippen LogP contribution is 2.33. The second kappa shape index (κ2) is 9.16. The number of sulfone groups is 1. The molecule has 4 rings (SSSR count). The van der Waals surface area contributed by atoms with Crippen molar-refractivity contribution in [3.05, 3.63) is 54.0 Å². The zero-order valence-electron chi connectivity index (χ0n) is 18.3. The summed E-state index contributed by atoms with van der Waals surface area (Å²) in [7, 11) is -3.79. The molecule has 174 valence electrons. The highest BCUT2D eigenvalue weighted by molar-refractivity contribution is 7.91. The van der Waals surface area contributed by atoms with Crippen LogP contribution in [0.15, 0.2) is 37.3 Å². The lowest BCUT2D eigenvalue weighted by molar-refractivity contribution is 0.00143. The van der Waals surface area contributed by atoms with E-state index in [2.05, 4.69) is 31.7 Å². The lowest BCUT2D eigenvalue weighted by Crippen LogP contribution is -2.32. The fraction of sp³-hybridized carbons (Fsp3) is 0.381. The van der Waals surface area contributed by atoms with Crippen LogP contribution in [0.4, 0.5) is 0 Å². The number of rotatable bonds is 7. The molecule has 0 aromatic carbocycles. The predicted molar refractivity (Wildman–Crippen MR) is 122 cm³/mol. The molecular formula is C21H23ClN6O4S. The van der Waals surface area contributed by atoms with E-state index in [1.807, 2.05) is 13.8 Å². The van der Waals surface area contributed by atoms with Crippen LogP contribution < -0.4 is 4.74 Å². The molecule has 10 nitrogen and oxygen atoms in total. The van der Waals surface area contributed by atoms with Crippen molar-refractivity contribution in [3.8, 4) is 17.3 Å². The molecule has 4 heterocycles. The minimum absolute atomic E-state index is 0.120. The van der Waals surface area contributed by atoms with Crippen molar-refractivity contribution < 1.29 is 17.9 Å². The van der Waals surface area contributed by atoms with Crippen LogP contribution in [0.3, 0.4) is 0 Å². The number of nitrogens with zero attached hydrogens (tertiary/aromatic N) is 6. The lowest BCUT2D eigenvalue weighted by Gasteiger charge is -2.25. The third-order valence-electron chi connectivity index (χ3n) is 5.07. The molecule has 0 N–H and O–H groups in total. The quantitative estimate of drug-likeness (QED) is 0.491. The van der Waals surface area contributed by atoms with Crippen LogP contribution in [0.2, 0.25) is 5.02 Å². The third kappa shape index (κ3) is 4.75. The summed E-state index contributed by atoms with van der Waals surface area (Å²) in [6.45, 7) is 9.33. The van der Waals surface area contributed by atoms with Crippen LogP contribution in [0, 0.1) is 0 Å². The Hall–Kier alpha value is -2.89. The Bertz CT molecular complexity index is 1280. The Morgan fingerprint density at radius 3 is 2.64 bits per heavy atom. The Morgan fingerprint density at radius 1 is 1.21 bits per heavy atom. The summed E-state index contributed by atoms with van der Waals surface area (Å²) in [5.74, 6) is 0.887. The Kier molecular flexibility index (Phi) is 6.46. The van der Waals surface area contributed by atoms with Gasteiger partial charge in [-0.3, -0.25) is 4.57 Å². The number of fused-ring (bicyclic) bond motifs is 3. The first-order valence-corrected chi connectivity index (χ1v) is 12.3. The van der Waals surface area contributed by atoms with E-state index in [0.29, 0.717) is 28.0 Å². The first-order chi connectivity index (χ1) is 15.7. The predicted octanol–water partition coefficient (Wildman–Crippen LogP) is 3.12. The van der Waals surface area contributed by atoms with Gasteiger partial charge in [-0.05, 0) is 32.9 Å². The molecule has 0 radical (unpaired) electrons. The van der Waals surface area contributed by atoms with Crippen LogP contribution in [0.5, 0.6) is 5.88 Å². The smallest absolute Gasteiger partial charge is 0.224 e. The van der Waals surface area contributed by atoms with Crippen LogP contribution in [0.1, 0.15) is 38.5 Å². The molecule has 0 bridgehead atoms. The maximum absolute atomic E-state index is 13.5. The van der Waals surface area contributed by atoms with Gasteiger partial charge in [0.05, 0.1) is 27.6 Å². The average molecular weight is 491 g/mol. The minimum Gasteiger partial charge on any atom is -0.471 e. The molecule has 0 saturated carbocycles. The highest BCUT2D eigenvalue weighted by Gasteiger charge is 2.36. The molecule has 1 aliphatic heterocycles. The maximum Gasteiger partial charge on any atom is 0.224 e. The van der Waals surface area contributed by atoms with Gasteiger partial charge in [0.1, 0.15) is 18.5 Å². The van der Waals surface area contributed by atoms with Crippen molar-refractivity contribution in [2.45, 2.75) is 44.0 Å². The molecule has 0 amide bonds. The number of pyridine rings is 1. The second-order valence-corrected chi connectivity index (χ2v) is 10.7. The Morgan fingerprint density at radius 2 is 1.94 bits per heavy atom. The summed E-state index contributed by atoms with van der Waals surface area (Å²) >= 11 is 5.89. The molecule has 0 aliphatic carbocycles. The zero-order valence-corrected chi connectivity index (χ0v) is 19.9. The number of hydrogen-bond donors (Lipinski definition) is 0. The fourth-order valence-corrected chi connectivity index (χ4v) is 4.92. The Labute approximate surface area is 196 Å². The van der Waals surface area contributed by atoms with Gasteiger partial charge in [-0.1, -0.05) is 18.2 Å². The first-order valence-electron chi connectivity index (χ1n) is 10.2. The topological polar surface area (TPSA) is 122 Å². The van der Waals surface area contributed by atoms with E-state index < -0.39 is 21.2 Å². The van der Waals surface area contributed by atoms with Gasteiger partial charge in [-0.2, -0.15) is 0 Å². The molecule has 0 spiro atoms. The van der Waals surface area contributed by atoms with Crippen molar-refractivity contribution in [2.75, 3.05) is 6.61 Å². The van der Waals surface area contributed by atoms with Gasteiger partial charge in [0.25, 0.3) is 0 Å². The molecule has 0 saturated heterocycles. The van der Waals surface area contributed by atoms with Gasteiger partial charge in [0.15, 0.2) is 27.3 Å². The lowest BCUT2D eigenvalue weighted by atomic mass is 10.2. The first kappa shape index (κ1) is 23.3. The average Bonchev–Trinajstić information content (AvgIpc) is 3.12. The molecule has 3 aromatic rings. The molecule has 12 heteroatoms. The summed E-state index contributed by atoms with van der Waals surface area (Å²) < 4.78 is 40.1. The molecule has 1 aliphatic rings. The van der Waals surface area contributed by atoms with E-state index in [0.717, 1.165) is 0 Å². The van der Waals surface area contributed by atoms with Crippen molar-refractivity contribution in [2.24, 2.45) is 0 Å². The van der Waals surface area contributed by atoms with Gasteiger partial charge in [-0.25, -0.2) is 23.4 Å². The summed E-state index contributed by atoms with van der Waals surface area (Å²) in [5, 5.41) is 7.74. The SMILES string of the molecule is C=C1COc2ncccc2-c2nnc(CS(=O)(=O)[C@@H](C)[C@@H](OC(C)C)c3ncc(Cl)cn3)n21. The van der Waals surface area contributed by atoms with E-state index in [-0.39, 0.29) is 30.1 Å². The second-order valence-electron chi connectivity index (χ2n) is 7.86. The van der Waals surface area contributed by atoms with Gasteiger partial charge < -0.3 is 9.47 Å². The normalized spacial score (nSPS) is 15.4. The van der Waals surface area contributed by atoms with Gasteiger partial charge in [-0.15, -0.1) is 10.2 Å². The standard InChI is InChI=1S/C21H23ClN6O4S/c1-12(2)32-18(19-24-8-15(22)9-25-19)14(4)33(29,30)11-17-26-27-20-16-6-5-7-23-21(16)31-10-13(3)28(17)20/h5-9,12,14,18H,3,10-11H2,1-2,4H3/t14-,18+/m0/s1. The molecule has 0 unspecified atom stereocenters. The van der Waals surface area contributed by atoms with Crippen LogP contribution >= 0.6 is 11.6 Å². The summed E-state index contributed by atoms with van der Waals surface area (Å²) in [5.41, 5.74) is 1.11. The monoisotopic (exact) mass is 490 g/mol. The van der Waals surface area contributed by atoms with Gasteiger partial charge in [0.2, 0.25) is 5.88 Å². The van der Waals surface area contributed by atoms with Crippen molar-refractivity contribution in [1.82, 2.24) is 29.7 Å². The summed E-state index contributed by atoms with van der Waals surface area (Å²) in [6.07, 6.45) is 3.28. The largest absolute Gasteiger partial charge is 0.471 e. The molecular weight excluding hydrogens is 468 g/mol. The number of hydrogen-bond acceptors (Lipinski definition) is 9. The number of aromatic nitrogens is 6. The molecule has 2 atom stereocenters. The Balaban J connectivity index is 1.68. The van der Waals surface area contributed by atoms with Crippen molar-refractivity contribution in [1.29, 1.82) is 0 Å². The molecule has 3 aromatic heterocycles.